The molecule has 0 radical (unpaired) electrons. The van der Waals surface area contributed by atoms with Gasteiger partial charge in [0.25, 0.3) is 0 Å². The fourth-order valence-corrected chi connectivity index (χ4v) is 7.27. The molecule has 0 spiro atoms. The van der Waals surface area contributed by atoms with Crippen LogP contribution in [0.15, 0.2) is 35.8 Å². The molecule has 4 aliphatic rings. The molecular weight excluding hydrogens is 338 g/mol. The number of hydrogen-bond donors (Lipinski definition) is 0. The standard InChI is InChI=1S/C22H21N3S/c23-11-14-1-3-18(4-2-14)19-13-26-21-24-20(12-25(19)21)22-8-15-5-16(9-22)7-17(6-15)10-22/h1-4,12-13,15-17H,5-10H2. The molecule has 0 unspecified atom stereocenters. The third-order valence-electron chi connectivity index (χ3n) is 7.10. The summed E-state index contributed by atoms with van der Waals surface area (Å²) in [5, 5.41) is 11.2. The number of fused-ring (bicyclic) bond motifs is 1. The zero-order valence-corrected chi connectivity index (χ0v) is 15.5. The van der Waals surface area contributed by atoms with E-state index in [1.165, 1.54) is 49.9 Å². The minimum absolute atomic E-state index is 0.350. The summed E-state index contributed by atoms with van der Waals surface area (Å²) in [6.45, 7) is 0. The average Bonchev–Trinajstić information content (AvgIpc) is 3.22. The molecule has 4 aliphatic carbocycles. The van der Waals surface area contributed by atoms with Crippen molar-refractivity contribution in [1.82, 2.24) is 9.38 Å². The van der Waals surface area contributed by atoms with Crippen LogP contribution >= 0.6 is 11.3 Å². The summed E-state index contributed by atoms with van der Waals surface area (Å²) >= 11 is 1.73. The smallest absolute Gasteiger partial charge is 0.194 e. The van der Waals surface area contributed by atoms with Gasteiger partial charge in [0.15, 0.2) is 4.96 Å². The van der Waals surface area contributed by atoms with E-state index in [4.69, 9.17) is 10.2 Å². The molecule has 4 fully saturated rings. The van der Waals surface area contributed by atoms with E-state index in [9.17, 15) is 0 Å². The Morgan fingerprint density at radius 3 is 2.31 bits per heavy atom. The summed E-state index contributed by atoms with van der Waals surface area (Å²) in [6, 6.07) is 10.1. The summed E-state index contributed by atoms with van der Waals surface area (Å²) < 4.78 is 2.28. The molecule has 7 rings (SSSR count). The predicted molar refractivity (Wildman–Crippen MR) is 103 cm³/mol. The van der Waals surface area contributed by atoms with E-state index in [2.05, 4.69) is 22.0 Å². The number of nitriles is 1. The molecule has 0 N–H and O–H groups in total. The first-order valence-electron chi connectivity index (χ1n) is 9.70. The summed E-state index contributed by atoms with van der Waals surface area (Å²) in [6.07, 6.45) is 10.8. The lowest BCUT2D eigenvalue weighted by molar-refractivity contribution is -0.00696. The summed E-state index contributed by atoms with van der Waals surface area (Å²) in [7, 11) is 0. The third-order valence-corrected chi connectivity index (χ3v) is 7.94. The van der Waals surface area contributed by atoms with Gasteiger partial charge in [-0.1, -0.05) is 12.1 Å². The minimum Gasteiger partial charge on any atom is -0.290 e. The maximum atomic E-state index is 9.02. The van der Waals surface area contributed by atoms with Crippen molar-refractivity contribution >= 4 is 16.3 Å². The average molecular weight is 359 g/mol. The van der Waals surface area contributed by atoms with E-state index in [0.717, 1.165) is 28.3 Å². The Balaban J connectivity index is 1.43. The van der Waals surface area contributed by atoms with Gasteiger partial charge in [-0.2, -0.15) is 5.26 Å². The molecule has 0 aliphatic heterocycles. The van der Waals surface area contributed by atoms with Crippen molar-refractivity contribution in [2.45, 2.75) is 43.9 Å². The normalized spacial score (nSPS) is 32.2. The lowest BCUT2D eigenvalue weighted by Crippen LogP contribution is -2.48. The van der Waals surface area contributed by atoms with Crippen molar-refractivity contribution in [2.75, 3.05) is 0 Å². The van der Waals surface area contributed by atoms with Crippen LogP contribution in [0.3, 0.4) is 0 Å². The molecule has 2 aromatic heterocycles. The maximum absolute atomic E-state index is 9.02. The number of hydrogen-bond acceptors (Lipinski definition) is 3. The second-order valence-corrected chi connectivity index (χ2v) is 9.62. The fourth-order valence-electron chi connectivity index (χ4n) is 6.39. The van der Waals surface area contributed by atoms with Crippen LogP contribution < -0.4 is 0 Å². The Kier molecular flexibility index (Phi) is 3.00. The minimum atomic E-state index is 0.350. The monoisotopic (exact) mass is 359 g/mol. The summed E-state index contributed by atoms with van der Waals surface area (Å²) in [4.78, 5) is 6.22. The molecule has 3 aromatic rings. The molecule has 130 valence electrons. The van der Waals surface area contributed by atoms with Crippen molar-refractivity contribution in [1.29, 1.82) is 5.26 Å². The van der Waals surface area contributed by atoms with Crippen molar-refractivity contribution in [3.8, 4) is 17.3 Å². The van der Waals surface area contributed by atoms with E-state index in [1.807, 2.05) is 24.3 Å². The second kappa shape index (κ2) is 5.20. The first-order valence-corrected chi connectivity index (χ1v) is 10.6. The van der Waals surface area contributed by atoms with Crippen LogP contribution in [0.5, 0.6) is 0 Å². The van der Waals surface area contributed by atoms with Gasteiger partial charge in [0.1, 0.15) is 0 Å². The topological polar surface area (TPSA) is 41.1 Å². The van der Waals surface area contributed by atoms with Crippen LogP contribution in [0.2, 0.25) is 0 Å². The van der Waals surface area contributed by atoms with Crippen LogP contribution in [0, 0.1) is 29.1 Å². The number of thiazole rings is 1. The second-order valence-electron chi connectivity index (χ2n) is 8.79. The van der Waals surface area contributed by atoms with Crippen molar-refractivity contribution in [2.24, 2.45) is 17.8 Å². The maximum Gasteiger partial charge on any atom is 0.194 e. The highest BCUT2D eigenvalue weighted by Gasteiger charge is 2.52. The molecule has 0 atom stereocenters. The van der Waals surface area contributed by atoms with Gasteiger partial charge in [-0.05, 0) is 74.0 Å². The quantitative estimate of drug-likeness (QED) is 0.614. The van der Waals surface area contributed by atoms with E-state index >= 15 is 0 Å². The highest BCUT2D eigenvalue weighted by Crippen LogP contribution is 2.60. The number of imidazole rings is 1. The van der Waals surface area contributed by atoms with E-state index in [1.54, 1.807) is 11.3 Å². The van der Waals surface area contributed by atoms with Gasteiger partial charge in [0.05, 0.1) is 23.0 Å². The lowest BCUT2D eigenvalue weighted by Gasteiger charge is -2.56. The zero-order chi connectivity index (χ0) is 17.3. The Labute approximate surface area is 157 Å². The number of nitrogens with zero attached hydrogens (tertiary/aromatic N) is 3. The zero-order valence-electron chi connectivity index (χ0n) is 14.7. The number of aromatic nitrogens is 2. The first-order chi connectivity index (χ1) is 12.7. The van der Waals surface area contributed by atoms with Gasteiger partial charge in [-0.15, -0.1) is 11.3 Å². The molecule has 1 aromatic carbocycles. The van der Waals surface area contributed by atoms with Crippen molar-refractivity contribution < 1.29 is 0 Å². The van der Waals surface area contributed by atoms with E-state index < -0.39 is 0 Å². The van der Waals surface area contributed by atoms with Gasteiger partial charge >= 0.3 is 0 Å². The fraction of sp³-hybridized carbons (Fsp3) is 0.455. The third kappa shape index (κ3) is 2.07. The molecule has 4 saturated carbocycles. The van der Waals surface area contributed by atoms with Crippen molar-refractivity contribution in [3.05, 3.63) is 47.1 Å². The lowest BCUT2D eigenvalue weighted by atomic mass is 9.49. The largest absolute Gasteiger partial charge is 0.290 e. The van der Waals surface area contributed by atoms with Gasteiger partial charge in [0.2, 0.25) is 0 Å². The van der Waals surface area contributed by atoms with Crippen LogP contribution in [0.4, 0.5) is 0 Å². The Morgan fingerprint density at radius 1 is 1.04 bits per heavy atom. The molecule has 2 heterocycles. The summed E-state index contributed by atoms with van der Waals surface area (Å²) in [5.41, 5.74) is 4.75. The highest BCUT2D eigenvalue weighted by molar-refractivity contribution is 7.15. The highest BCUT2D eigenvalue weighted by atomic mass is 32.1. The number of rotatable bonds is 2. The first kappa shape index (κ1) is 15.0. The van der Waals surface area contributed by atoms with E-state index in [-0.39, 0.29) is 0 Å². The molecule has 0 amide bonds. The van der Waals surface area contributed by atoms with Gasteiger partial charge in [-0.3, -0.25) is 4.40 Å². The van der Waals surface area contributed by atoms with Crippen molar-refractivity contribution in [3.63, 3.8) is 0 Å². The molecule has 26 heavy (non-hydrogen) atoms. The van der Waals surface area contributed by atoms with E-state index in [0.29, 0.717) is 11.0 Å². The Bertz CT molecular complexity index is 998. The Hall–Kier alpha value is -2.12. The van der Waals surface area contributed by atoms with Crippen LogP contribution in [-0.4, -0.2) is 9.38 Å². The van der Waals surface area contributed by atoms with Gasteiger partial charge < -0.3 is 0 Å². The summed E-state index contributed by atoms with van der Waals surface area (Å²) in [5.74, 6) is 2.83. The van der Waals surface area contributed by atoms with Crippen LogP contribution in [0.25, 0.3) is 16.2 Å². The molecule has 3 nitrogen and oxygen atoms in total. The number of benzene rings is 1. The molecule has 4 bridgehead atoms. The Morgan fingerprint density at radius 2 is 1.69 bits per heavy atom. The SMILES string of the molecule is N#Cc1ccc(-c2csc3nc(C45CC6CC(CC(C6)C4)C5)cn23)cc1. The van der Waals surface area contributed by atoms with Gasteiger partial charge in [-0.25, -0.2) is 4.98 Å². The molecule has 4 heteroatoms. The van der Waals surface area contributed by atoms with Crippen LogP contribution in [-0.2, 0) is 5.41 Å². The van der Waals surface area contributed by atoms with Crippen LogP contribution in [0.1, 0.15) is 49.8 Å². The molecule has 0 saturated heterocycles. The van der Waals surface area contributed by atoms with Gasteiger partial charge in [0, 0.05) is 17.0 Å². The molecular formula is C22H21N3S. The predicted octanol–water partition coefficient (Wildman–Crippen LogP) is 5.40.